The molecule has 0 aromatic heterocycles. The van der Waals surface area contributed by atoms with Crippen LogP contribution in [0, 0.1) is 0 Å². The standard InChI is InChI=1S/C75H144O5/c1-3-5-7-9-11-13-15-17-19-21-23-25-27-29-31-32-33-34-35-36-37-38-39-40-41-42-44-45-47-49-51-53-55-57-59-61-63-65-67-69-74(77)79-72-73(71-76)80-75(78)70-68-66-64-62-60-58-56-54-52-50-48-46-43-30-28-26-24-22-20-18-16-14-12-10-8-6-4-2/h16,18,22,24,73,76H,3-15,17,19-21,23,25-72H2,1-2H3/b18-16-,24-22-. The average Bonchev–Trinajstić information content (AvgIpc) is 3.46. The SMILES string of the molecule is CCCCCCC/C=C\C/C=C\CCCCCCCCCCCCCCCCCC(=O)OC(CO)COC(=O)CCCCCCCCCCCCCCCCCCCCCCCCCCCCCCCCCCCCCCCCC. The van der Waals surface area contributed by atoms with Crippen LogP contribution in [0.2, 0.25) is 0 Å². The van der Waals surface area contributed by atoms with Crippen molar-refractivity contribution < 1.29 is 24.2 Å². The van der Waals surface area contributed by atoms with Gasteiger partial charge >= 0.3 is 11.9 Å². The zero-order valence-electron chi connectivity index (χ0n) is 54.6. The molecular weight excluding hydrogens is 981 g/mol. The normalized spacial score (nSPS) is 12.2. The summed E-state index contributed by atoms with van der Waals surface area (Å²) in [5, 5.41) is 9.70. The summed E-state index contributed by atoms with van der Waals surface area (Å²) < 4.78 is 10.8. The zero-order chi connectivity index (χ0) is 57.6. The lowest BCUT2D eigenvalue weighted by Crippen LogP contribution is -2.28. The van der Waals surface area contributed by atoms with E-state index in [4.69, 9.17) is 9.47 Å². The summed E-state index contributed by atoms with van der Waals surface area (Å²) in [6, 6.07) is 0. The number of esters is 2. The number of carbonyl (C=O) groups is 2. The van der Waals surface area contributed by atoms with E-state index in [9.17, 15) is 14.7 Å². The van der Waals surface area contributed by atoms with Gasteiger partial charge in [0.15, 0.2) is 6.10 Å². The van der Waals surface area contributed by atoms with Crippen LogP contribution >= 0.6 is 0 Å². The number of hydrogen-bond acceptors (Lipinski definition) is 5. The first-order valence-electron chi connectivity index (χ1n) is 36.9. The van der Waals surface area contributed by atoms with Gasteiger partial charge in [-0.25, -0.2) is 0 Å². The van der Waals surface area contributed by atoms with E-state index in [1.54, 1.807) is 0 Å². The summed E-state index contributed by atoms with van der Waals surface area (Å²) in [7, 11) is 0. The van der Waals surface area contributed by atoms with Gasteiger partial charge in [-0.3, -0.25) is 9.59 Å². The Bertz CT molecular complexity index is 1230. The van der Waals surface area contributed by atoms with Crippen molar-refractivity contribution in [2.45, 2.75) is 431 Å². The van der Waals surface area contributed by atoms with Gasteiger partial charge in [-0.2, -0.15) is 0 Å². The lowest BCUT2D eigenvalue weighted by atomic mass is 10.0. The monoisotopic (exact) mass is 1130 g/mol. The Labute approximate surface area is 502 Å². The predicted octanol–water partition coefficient (Wildman–Crippen LogP) is 25.6. The van der Waals surface area contributed by atoms with Crippen molar-refractivity contribution in [2.24, 2.45) is 0 Å². The molecule has 0 radical (unpaired) electrons. The second kappa shape index (κ2) is 71.6. The lowest BCUT2D eigenvalue weighted by molar-refractivity contribution is -0.161. The highest BCUT2D eigenvalue weighted by atomic mass is 16.6. The molecule has 80 heavy (non-hydrogen) atoms. The van der Waals surface area contributed by atoms with Gasteiger partial charge in [-0.15, -0.1) is 0 Å². The van der Waals surface area contributed by atoms with E-state index in [1.165, 1.54) is 360 Å². The minimum atomic E-state index is -0.770. The summed E-state index contributed by atoms with van der Waals surface area (Å²) in [5.41, 5.74) is 0. The zero-order valence-corrected chi connectivity index (χ0v) is 54.6. The maximum absolute atomic E-state index is 12.4. The molecule has 0 amide bonds. The number of allylic oxidation sites excluding steroid dienone is 4. The first kappa shape index (κ1) is 78.4. The van der Waals surface area contributed by atoms with Gasteiger partial charge in [-0.05, 0) is 44.9 Å². The number of hydrogen-bond donors (Lipinski definition) is 1. The average molecular weight is 1130 g/mol. The highest BCUT2D eigenvalue weighted by molar-refractivity contribution is 5.70. The highest BCUT2D eigenvalue weighted by Gasteiger charge is 2.16. The summed E-state index contributed by atoms with van der Waals surface area (Å²) in [6.45, 7) is 4.20. The molecule has 0 rings (SSSR count). The maximum Gasteiger partial charge on any atom is 0.306 e. The molecule has 0 fully saturated rings. The van der Waals surface area contributed by atoms with E-state index < -0.39 is 6.10 Å². The molecule has 0 aromatic rings. The summed E-state index contributed by atoms with van der Waals surface area (Å²) in [5.74, 6) is -0.565. The van der Waals surface area contributed by atoms with Crippen LogP contribution in [0.15, 0.2) is 24.3 Å². The Morgan fingerprint density at radius 3 is 0.738 bits per heavy atom. The fourth-order valence-electron chi connectivity index (χ4n) is 11.7. The maximum atomic E-state index is 12.4. The molecule has 5 nitrogen and oxygen atoms in total. The Kier molecular flexibility index (Phi) is 70.2. The Morgan fingerprint density at radius 2 is 0.500 bits per heavy atom. The molecule has 0 spiro atoms. The van der Waals surface area contributed by atoms with Crippen LogP contribution < -0.4 is 0 Å². The second-order valence-electron chi connectivity index (χ2n) is 25.4. The minimum absolute atomic E-state index is 0.0587. The van der Waals surface area contributed by atoms with Gasteiger partial charge in [0.2, 0.25) is 0 Å². The second-order valence-corrected chi connectivity index (χ2v) is 25.4. The third kappa shape index (κ3) is 68.9. The van der Waals surface area contributed by atoms with Crippen molar-refractivity contribution >= 4 is 11.9 Å². The number of aliphatic hydroxyl groups excluding tert-OH is 1. The number of ether oxygens (including phenoxy) is 2. The van der Waals surface area contributed by atoms with Crippen LogP contribution in [0.5, 0.6) is 0 Å². The van der Waals surface area contributed by atoms with Crippen molar-refractivity contribution in [2.75, 3.05) is 13.2 Å². The van der Waals surface area contributed by atoms with Crippen molar-refractivity contribution in [1.29, 1.82) is 0 Å². The molecule has 0 aromatic carbocycles. The van der Waals surface area contributed by atoms with E-state index in [0.717, 1.165) is 38.5 Å². The molecule has 1 unspecified atom stereocenters. The van der Waals surface area contributed by atoms with Gasteiger partial charge < -0.3 is 14.6 Å². The van der Waals surface area contributed by atoms with E-state index in [2.05, 4.69) is 38.2 Å². The van der Waals surface area contributed by atoms with Crippen molar-refractivity contribution in [1.82, 2.24) is 0 Å². The van der Waals surface area contributed by atoms with Crippen molar-refractivity contribution in [3.8, 4) is 0 Å². The smallest absolute Gasteiger partial charge is 0.306 e. The van der Waals surface area contributed by atoms with Gasteiger partial charge in [0, 0.05) is 12.8 Å². The molecule has 0 heterocycles. The molecule has 1 N–H and O–H groups in total. The molecular formula is C75H144O5. The van der Waals surface area contributed by atoms with Crippen LogP contribution in [0.3, 0.4) is 0 Å². The molecule has 5 heteroatoms. The van der Waals surface area contributed by atoms with Gasteiger partial charge in [0.1, 0.15) is 6.61 Å². The van der Waals surface area contributed by atoms with Crippen molar-refractivity contribution in [3.63, 3.8) is 0 Å². The number of carbonyl (C=O) groups excluding carboxylic acids is 2. The third-order valence-corrected chi connectivity index (χ3v) is 17.2. The number of rotatable bonds is 70. The van der Waals surface area contributed by atoms with Gasteiger partial charge in [0.05, 0.1) is 6.61 Å². The van der Waals surface area contributed by atoms with Crippen LogP contribution in [0.4, 0.5) is 0 Å². The molecule has 0 saturated carbocycles. The van der Waals surface area contributed by atoms with E-state index in [0.29, 0.717) is 12.8 Å². The fourth-order valence-corrected chi connectivity index (χ4v) is 11.7. The van der Waals surface area contributed by atoms with E-state index in [-0.39, 0.29) is 25.2 Å². The third-order valence-electron chi connectivity index (χ3n) is 17.2. The molecule has 0 aliphatic heterocycles. The largest absolute Gasteiger partial charge is 0.462 e. The molecule has 0 bridgehead atoms. The highest BCUT2D eigenvalue weighted by Crippen LogP contribution is 2.20. The van der Waals surface area contributed by atoms with Gasteiger partial charge in [0.25, 0.3) is 0 Å². The molecule has 0 aliphatic rings. The fraction of sp³-hybridized carbons (Fsp3) is 0.920. The summed E-state index contributed by atoms with van der Waals surface area (Å²) in [4.78, 5) is 24.7. The number of aliphatic hydroxyl groups is 1. The van der Waals surface area contributed by atoms with Crippen LogP contribution in [0.25, 0.3) is 0 Å². The minimum Gasteiger partial charge on any atom is -0.462 e. The Balaban J connectivity index is 3.35. The summed E-state index contributed by atoms with van der Waals surface area (Å²) in [6.07, 6.45) is 93.9. The van der Waals surface area contributed by atoms with Crippen LogP contribution in [-0.4, -0.2) is 36.4 Å². The quantitative estimate of drug-likeness (QED) is 0.0373. The Hall–Kier alpha value is -1.62. The summed E-state index contributed by atoms with van der Waals surface area (Å²) >= 11 is 0. The van der Waals surface area contributed by atoms with E-state index >= 15 is 0 Å². The topological polar surface area (TPSA) is 72.8 Å². The molecule has 0 saturated heterocycles. The molecule has 1 atom stereocenters. The van der Waals surface area contributed by atoms with Crippen LogP contribution in [0.1, 0.15) is 425 Å². The first-order valence-corrected chi connectivity index (χ1v) is 36.9. The van der Waals surface area contributed by atoms with Crippen molar-refractivity contribution in [3.05, 3.63) is 24.3 Å². The lowest BCUT2D eigenvalue weighted by Gasteiger charge is -2.15. The van der Waals surface area contributed by atoms with E-state index in [1.807, 2.05) is 0 Å². The predicted molar refractivity (Wildman–Crippen MR) is 353 cm³/mol. The first-order chi connectivity index (χ1) is 39.6. The number of unbranched alkanes of at least 4 members (excludes halogenated alkanes) is 58. The Morgan fingerprint density at radius 1 is 0.287 bits per heavy atom. The molecule has 0 aliphatic carbocycles. The molecule has 474 valence electrons. The van der Waals surface area contributed by atoms with Gasteiger partial charge in [-0.1, -0.05) is 391 Å². The van der Waals surface area contributed by atoms with Crippen LogP contribution in [-0.2, 0) is 19.1 Å².